The Morgan fingerprint density at radius 1 is 0.783 bits per heavy atom. The first-order valence-corrected chi connectivity index (χ1v) is 15.4. The Hall–Kier alpha value is 0.234. The van der Waals surface area contributed by atoms with Gasteiger partial charge in [-0.05, 0) is 63.2 Å². The summed E-state index contributed by atoms with van der Waals surface area (Å²) in [5.74, 6) is 1.30. The minimum Gasteiger partial charge on any atom is -0.455 e. The first-order chi connectivity index (χ1) is 10.6. The van der Waals surface area contributed by atoms with Crippen LogP contribution in [0, 0.1) is 11.8 Å². The molecule has 0 aliphatic carbocycles. The Kier molecular flexibility index (Phi) is 11.8. The van der Waals surface area contributed by atoms with Crippen LogP contribution in [0.2, 0.25) is 38.3 Å². The van der Waals surface area contributed by atoms with Crippen LogP contribution in [0.1, 0.15) is 13.8 Å². The van der Waals surface area contributed by atoms with E-state index in [4.69, 9.17) is 15.6 Å². The predicted molar refractivity (Wildman–Crippen MR) is 108 cm³/mol. The van der Waals surface area contributed by atoms with E-state index >= 15 is 0 Å². The highest BCUT2D eigenvalue weighted by atomic mass is 28.4. The van der Waals surface area contributed by atoms with E-state index in [2.05, 4.69) is 50.7 Å². The number of rotatable bonds is 14. The van der Waals surface area contributed by atoms with Crippen molar-refractivity contribution in [3.05, 3.63) is 0 Å². The summed E-state index contributed by atoms with van der Waals surface area (Å²) in [5.41, 5.74) is 11.1. The van der Waals surface area contributed by atoms with Crippen molar-refractivity contribution >= 4 is 16.6 Å². The predicted octanol–water partition coefficient (Wildman–Crippen LogP) is 1.78. The lowest BCUT2D eigenvalue weighted by molar-refractivity contribution is 0.472. The third-order valence-electron chi connectivity index (χ3n) is 3.86. The summed E-state index contributed by atoms with van der Waals surface area (Å²) in [6, 6.07) is 2.42. The minimum atomic E-state index is -1.62. The van der Waals surface area contributed by atoms with E-state index in [0.717, 1.165) is 26.2 Å². The fraction of sp³-hybridized carbons (Fsp3) is 1.00. The van der Waals surface area contributed by atoms with Gasteiger partial charge >= 0.3 is 0 Å². The molecule has 0 spiro atoms. The normalized spacial score (nSPS) is 15.7. The molecular weight excluding hydrogens is 320 g/mol. The van der Waals surface area contributed by atoms with Crippen molar-refractivity contribution in [2.24, 2.45) is 23.3 Å². The fourth-order valence-electron chi connectivity index (χ4n) is 3.56. The number of hydrogen-bond acceptors (Lipinski definition) is 5. The van der Waals surface area contributed by atoms with Gasteiger partial charge in [0.05, 0.1) is 0 Å². The van der Waals surface area contributed by atoms with Gasteiger partial charge in [-0.25, -0.2) is 0 Å². The van der Waals surface area contributed by atoms with Crippen molar-refractivity contribution in [2.45, 2.75) is 52.1 Å². The third kappa shape index (κ3) is 13.2. The Morgan fingerprint density at radius 2 is 1.13 bits per heavy atom. The molecule has 0 fully saturated rings. The molecule has 140 valence electrons. The highest BCUT2D eigenvalue weighted by Crippen LogP contribution is 2.26. The molecule has 2 unspecified atom stereocenters. The van der Waals surface area contributed by atoms with Gasteiger partial charge in [0.2, 0.25) is 0 Å². The van der Waals surface area contributed by atoms with E-state index in [0.29, 0.717) is 24.9 Å². The van der Waals surface area contributed by atoms with Gasteiger partial charge in [-0.15, -0.1) is 0 Å². The molecule has 6 N–H and O–H groups in total. The monoisotopic (exact) mass is 362 g/mol. The lowest BCUT2D eigenvalue weighted by Crippen LogP contribution is -2.47. The Balaban J connectivity index is 4.26. The third-order valence-corrected chi connectivity index (χ3v) is 11.6. The standard InChI is InChI=1S/C16H42N4OSi2/c1-15(11-19-9-7-17)13-22(3,4)21-23(5,6)14-16(2)12-20-10-8-18/h15-16,19-20H,7-14,17-18H2,1-6H3. The second-order valence-corrected chi connectivity index (χ2v) is 16.9. The fourth-order valence-corrected chi connectivity index (χ4v) is 13.9. The molecule has 0 aromatic rings. The topological polar surface area (TPSA) is 85.3 Å². The van der Waals surface area contributed by atoms with Crippen LogP contribution in [0.5, 0.6) is 0 Å². The van der Waals surface area contributed by atoms with Crippen molar-refractivity contribution < 1.29 is 4.12 Å². The second kappa shape index (κ2) is 11.7. The summed E-state index contributed by atoms with van der Waals surface area (Å²) < 4.78 is 6.75. The Labute approximate surface area is 146 Å². The van der Waals surface area contributed by atoms with Gasteiger partial charge in [0.25, 0.3) is 0 Å². The van der Waals surface area contributed by atoms with Crippen LogP contribution < -0.4 is 22.1 Å². The summed E-state index contributed by atoms with van der Waals surface area (Å²) in [6.45, 7) is 19.4. The molecule has 5 nitrogen and oxygen atoms in total. The van der Waals surface area contributed by atoms with Gasteiger partial charge in [0.15, 0.2) is 16.6 Å². The molecule has 0 bridgehead atoms. The summed E-state index contributed by atoms with van der Waals surface area (Å²) in [5, 5.41) is 6.83. The molecule has 0 saturated heterocycles. The van der Waals surface area contributed by atoms with Gasteiger partial charge in [0, 0.05) is 26.2 Å². The summed E-state index contributed by atoms with van der Waals surface area (Å²) in [4.78, 5) is 0. The molecule has 0 radical (unpaired) electrons. The molecule has 2 atom stereocenters. The van der Waals surface area contributed by atoms with E-state index in [9.17, 15) is 0 Å². The lowest BCUT2D eigenvalue weighted by atomic mass is 10.2. The second-order valence-electron chi connectivity index (χ2n) is 8.23. The first-order valence-electron chi connectivity index (χ1n) is 9.13. The molecule has 0 aromatic carbocycles. The molecular formula is C16H42N4OSi2. The zero-order chi connectivity index (χ0) is 17.9. The van der Waals surface area contributed by atoms with Crippen molar-refractivity contribution in [2.75, 3.05) is 39.3 Å². The van der Waals surface area contributed by atoms with Crippen LogP contribution in [0.4, 0.5) is 0 Å². The van der Waals surface area contributed by atoms with Crippen molar-refractivity contribution in [1.29, 1.82) is 0 Å². The average molecular weight is 363 g/mol. The molecule has 0 saturated carbocycles. The molecule has 23 heavy (non-hydrogen) atoms. The quantitative estimate of drug-likeness (QED) is 0.280. The zero-order valence-electron chi connectivity index (χ0n) is 16.4. The molecule has 0 aromatic heterocycles. The van der Waals surface area contributed by atoms with E-state index in [-0.39, 0.29) is 0 Å². The van der Waals surface area contributed by atoms with E-state index in [1.165, 1.54) is 12.1 Å². The van der Waals surface area contributed by atoms with Crippen LogP contribution in [-0.4, -0.2) is 55.9 Å². The zero-order valence-corrected chi connectivity index (χ0v) is 18.4. The van der Waals surface area contributed by atoms with Crippen LogP contribution in [-0.2, 0) is 4.12 Å². The first kappa shape index (κ1) is 23.2. The minimum absolute atomic E-state index is 0.650. The van der Waals surface area contributed by atoms with Gasteiger partial charge in [0.1, 0.15) is 0 Å². The van der Waals surface area contributed by atoms with E-state index < -0.39 is 16.6 Å². The number of nitrogens with one attached hydrogen (secondary N) is 2. The smallest absolute Gasteiger partial charge is 0.173 e. The van der Waals surface area contributed by atoms with Crippen molar-refractivity contribution in [3.8, 4) is 0 Å². The lowest BCUT2D eigenvalue weighted by Gasteiger charge is -2.37. The number of hydrogen-bond donors (Lipinski definition) is 4. The maximum atomic E-state index is 6.75. The van der Waals surface area contributed by atoms with Gasteiger partial charge in [-0.3, -0.25) is 0 Å². The van der Waals surface area contributed by atoms with Crippen LogP contribution in [0.15, 0.2) is 0 Å². The van der Waals surface area contributed by atoms with Gasteiger partial charge < -0.3 is 26.2 Å². The molecule has 0 rings (SSSR count). The highest BCUT2D eigenvalue weighted by molar-refractivity contribution is 6.84. The van der Waals surface area contributed by atoms with Crippen LogP contribution in [0.25, 0.3) is 0 Å². The Bertz CT molecular complexity index is 276. The van der Waals surface area contributed by atoms with Crippen LogP contribution >= 0.6 is 0 Å². The van der Waals surface area contributed by atoms with Crippen LogP contribution in [0.3, 0.4) is 0 Å². The molecule has 0 aliphatic rings. The highest BCUT2D eigenvalue weighted by Gasteiger charge is 2.34. The van der Waals surface area contributed by atoms with Gasteiger partial charge in [-0.1, -0.05) is 13.8 Å². The average Bonchev–Trinajstić information content (AvgIpc) is 2.36. The molecule has 7 heteroatoms. The Morgan fingerprint density at radius 3 is 1.43 bits per heavy atom. The summed E-state index contributed by atoms with van der Waals surface area (Å²) in [6.07, 6.45) is 0. The van der Waals surface area contributed by atoms with Crippen molar-refractivity contribution in [3.63, 3.8) is 0 Å². The summed E-state index contributed by atoms with van der Waals surface area (Å²) >= 11 is 0. The molecule has 0 amide bonds. The van der Waals surface area contributed by atoms with Crippen molar-refractivity contribution in [1.82, 2.24) is 10.6 Å². The maximum Gasteiger partial charge on any atom is 0.173 e. The largest absolute Gasteiger partial charge is 0.455 e. The van der Waals surface area contributed by atoms with E-state index in [1.807, 2.05) is 0 Å². The summed E-state index contributed by atoms with van der Waals surface area (Å²) in [7, 11) is -3.23. The molecule has 0 aliphatic heterocycles. The van der Waals surface area contributed by atoms with E-state index in [1.54, 1.807) is 0 Å². The maximum absolute atomic E-state index is 6.75. The number of nitrogens with two attached hydrogens (primary N) is 2. The SMILES string of the molecule is CC(CNCCN)C[Si](C)(C)O[Si](C)(C)CC(C)CNCCN. The van der Waals surface area contributed by atoms with Gasteiger partial charge in [-0.2, -0.15) is 0 Å². The molecule has 0 heterocycles.